The van der Waals surface area contributed by atoms with Gasteiger partial charge in [0.15, 0.2) is 0 Å². The summed E-state index contributed by atoms with van der Waals surface area (Å²) in [5.41, 5.74) is 7.88. The number of fused-ring (bicyclic) bond motifs is 1. The molecule has 9 N–H and O–H groups in total. The number of aliphatic hydroxyl groups excluding tert-OH is 2. The number of H-pyrrole nitrogens is 4. The summed E-state index contributed by atoms with van der Waals surface area (Å²) in [7, 11) is -7.36. The third kappa shape index (κ3) is 20.6. The fourth-order valence-corrected chi connectivity index (χ4v) is 15.8. The number of amides is 3. The average Bonchev–Trinajstić information content (AvgIpc) is 1.60. The van der Waals surface area contributed by atoms with Gasteiger partial charge in [0.2, 0.25) is 0 Å². The highest BCUT2D eigenvalue weighted by molar-refractivity contribution is 7.90. The van der Waals surface area contributed by atoms with Crippen molar-refractivity contribution in [3.63, 3.8) is 0 Å². The predicted octanol–water partition coefficient (Wildman–Crippen LogP) is 8.83. The Morgan fingerprint density at radius 1 is 0.545 bits per heavy atom. The number of rotatable bonds is 22. The number of aldehydes is 1. The Hall–Kier alpha value is -10.3. The first-order valence-corrected chi connectivity index (χ1v) is 40.0. The van der Waals surface area contributed by atoms with E-state index < -0.39 is 25.6 Å². The minimum Gasteiger partial charge on any atom is -0.466 e. The van der Waals surface area contributed by atoms with Crippen molar-refractivity contribution in [2.24, 2.45) is 53.1 Å². The van der Waals surface area contributed by atoms with E-state index >= 15 is 0 Å². The van der Waals surface area contributed by atoms with Crippen molar-refractivity contribution >= 4 is 56.2 Å². The Kier molecular flexibility index (Phi) is 26.1. The Morgan fingerprint density at radius 2 is 0.955 bits per heavy atom. The number of benzene rings is 3. The molecule has 8 aliphatic rings. The number of carbonyl (C=O) groups is 6. The van der Waals surface area contributed by atoms with Gasteiger partial charge in [-0.2, -0.15) is 0 Å². The molecule has 17 rings (SSSR count). The van der Waals surface area contributed by atoms with Gasteiger partial charge in [0, 0.05) is 142 Å². The number of nitrogens with zero attached hydrogens (tertiary/aromatic N) is 9. The van der Waals surface area contributed by atoms with Gasteiger partial charge in [0.05, 0.1) is 46.0 Å². The maximum absolute atomic E-state index is 13.1. The molecule has 7 fully saturated rings. The Morgan fingerprint density at radius 3 is 1.35 bits per heavy atom. The number of hydrogen-bond acceptors (Lipinski definition) is 22. The van der Waals surface area contributed by atoms with Gasteiger partial charge in [-0.25, -0.2) is 59.5 Å². The van der Waals surface area contributed by atoms with Crippen LogP contribution >= 0.6 is 0 Å². The number of ether oxygens (including phenoxy) is 3. The summed E-state index contributed by atoms with van der Waals surface area (Å²) in [6.45, 7) is 15.9. The lowest BCUT2D eigenvalue weighted by molar-refractivity contribution is -0.146. The number of nitrogens with two attached hydrogens (primary N) is 1. The summed E-state index contributed by atoms with van der Waals surface area (Å²) < 4.78 is 68.6. The molecule has 14 unspecified atom stereocenters. The van der Waals surface area contributed by atoms with Gasteiger partial charge in [-0.15, -0.1) is 0 Å². The quantitative estimate of drug-likeness (QED) is 0.0136. The zero-order chi connectivity index (χ0) is 78.6. The normalized spacial score (nSPS) is 24.4. The summed E-state index contributed by atoms with van der Waals surface area (Å²) >= 11 is 0. The number of esters is 2. The van der Waals surface area contributed by atoms with Crippen molar-refractivity contribution < 1.29 is 70.0 Å². The van der Waals surface area contributed by atoms with E-state index in [2.05, 4.69) is 55.2 Å². The summed E-state index contributed by atoms with van der Waals surface area (Å²) in [4.78, 5) is 108. The van der Waals surface area contributed by atoms with Gasteiger partial charge in [-0.3, -0.25) is 24.1 Å². The van der Waals surface area contributed by atoms with E-state index in [9.17, 15) is 45.6 Å². The Labute approximate surface area is 638 Å². The fourth-order valence-electron chi connectivity index (χ4n) is 13.1. The molecule has 586 valence electrons. The van der Waals surface area contributed by atoms with Crippen molar-refractivity contribution in [2.45, 2.75) is 144 Å². The molecule has 7 heterocycles. The number of imide groups is 1. The highest BCUT2D eigenvalue weighted by atomic mass is 32.2. The second-order valence-corrected chi connectivity index (χ2v) is 33.2. The molecule has 9 aromatic rings. The molecule has 0 bridgehead atoms. The summed E-state index contributed by atoms with van der Waals surface area (Å²) in [5.74, 6) is 7.46. The SMILES string of the molecule is CC(C)(C)OC(=O)NCC1CC1c1ncc[nH]1.CCOC(=O)C1CC1C=O.CCOC(=O)C1CC1c1ncc[nH]1.Cc1ccc(S(=O)(=O)n2ccnc2C2CC2CN2C(=O)c3ccccc3C2=O)cc1.Cc1ccc(S(=O)(=O)n2ccnc2C2CC2CO)cc1.NCC1CC1c1ncc[nH]1.OCC1CC1c1ncc[nH]1. The number of imidazole rings is 6. The van der Waals surface area contributed by atoms with E-state index in [0.29, 0.717) is 97.5 Å². The van der Waals surface area contributed by atoms with Gasteiger partial charge in [0.1, 0.15) is 46.8 Å². The first kappa shape index (κ1) is 80.7. The standard InChI is InChI=1S/C22H19N3O4S.C14H16N2O3S.C12H19N3O2.C9H12N2O2.C7H11N3.C7H10N2O.C7H10O3/c1-14-6-8-16(9-7-14)30(28,29)25-11-10-23-20(25)19-12-15(19)13-24-21(26)17-4-2-3-5-18(17)22(24)27;1-10-2-4-12(5-3-10)20(18,19)16-7-6-15-14(16)13-8-11(13)9-17;1-12(2,3)17-11(16)15-7-8-6-9(8)10-13-4-5-14-10;1-2-13-9(12)7-5-6(7)8-10-3-4-11-8;8-4-5-3-6(5)7-9-1-2-10-7;10-4-5-3-6(5)7-8-1-2-9-7;1-2-10-7(9)6-3-5(6)4-8/h2-11,15,19H,12-13H2,1H3;2-7,11,13,17H,8-9H2,1H3;4-5,8-9H,6-7H2,1-3H3,(H,13,14)(H,15,16);3-4,6-7H,2,5H2,1H3,(H,10,11);1-2,5-6H,3-4,8H2,(H,9,10);1-2,5-6,10H,3-4H2,(H,8,9);4-6H,2-3H2,1H3. The molecule has 0 spiro atoms. The van der Waals surface area contributed by atoms with Crippen LogP contribution in [0.4, 0.5) is 4.79 Å². The summed E-state index contributed by atoms with van der Waals surface area (Å²) in [6, 6.07) is 20.2. The number of nitrogens with one attached hydrogen (secondary N) is 5. The topological polar surface area (TPSA) is 430 Å². The molecular weight excluding hydrogens is 1450 g/mol. The molecular formula is C78H97N15O15S2. The van der Waals surface area contributed by atoms with E-state index in [0.717, 1.165) is 72.9 Å². The third-order valence-electron chi connectivity index (χ3n) is 20.1. The van der Waals surface area contributed by atoms with Crippen LogP contribution in [0.25, 0.3) is 0 Å². The minimum absolute atomic E-state index is 0.0124. The fraction of sp³-hybridized carbons (Fsp3) is 0.462. The highest BCUT2D eigenvalue weighted by Crippen LogP contribution is 2.51. The lowest BCUT2D eigenvalue weighted by Crippen LogP contribution is -2.33. The van der Waals surface area contributed by atoms with Crippen molar-refractivity contribution in [3.05, 3.63) is 204 Å². The van der Waals surface area contributed by atoms with Crippen LogP contribution in [0.1, 0.15) is 182 Å². The van der Waals surface area contributed by atoms with Crippen LogP contribution in [-0.4, -0.2) is 178 Å². The monoisotopic (exact) mass is 1550 g/mol. The molecule has 3 amide bonds. The number of hydrogen-bond donors (Lipinski definition) is 8. The van der Waals surface area contributed by atoms with Gasteiger partial charge in [-0.05, 0) is 166 Å². The molecule has 32 heteroatoms. The second-order valence-electron chi connectivity index (χ2n) is 29.6. The van der Waals surface area contributed by atoms with Gasteiger partial charge < -0.3 is 60.2 Å². The molecule has 30 nitrogen and oxygen atoms in total. The van der Waals surface area contributed by atoms with Crippen LogP contribution in [-0.2, 0) is 48.6 Å². The molecule has 14 atom stereocenters. The van der Waals surface area contributed by atoms with Crippen molar-refractivity contribution in [3.8, 4) is 0 Å². The first-order valence-electron chi connectivity index (χ1n) is 37.1. The summed E-state index contributed by atoms with van der Waals surface area (Å²) in [6.07, 6.45) is 27.0. The van der Waals surface area contributed by atoms with Crippen LogP contribution in [0.5, 0.6) is 0 Å². The maximum Gasteiger partial charge on any atom is 0.407 e. The van der Waals surface area contributed by atoms with Crippen molar-refractivity contribution in [1.29, 1.82) is 0 Å². The number of aromatic nitrogens is 12. The molecule has 6 aromatic heterocycles. The minimum atomic E-state index is -3.76. The zero-order valence-corrected chi connectivity index (χ0v) is 64.2. The zero-order valence-electron chi connectivity index (χ0n) is 62.5. The van der Waals surface area contributed by atoms with E-state index in [4.69, 9.17) is 30.2 Å². The number of aryl methyl sites for hydroxylation is 2. The highest BCUT2D eigenvalue weighted by Gasteiger charge is 2.50. The second kappa shape index (κ2) is 35.6. The molecule has 0 radical (unpaired) electrons. The van der Waals surface area contributed by atoms with Gasteiger partial charge in [0.25, 0.3) is 31.9 Å². The number of aliphatic hydroxyl groups is 2. The van der Waals surface area contributed by atoms with E-state index in [1.54, 1.807) is 111 Å². The lowest BCUT2D eigenvalue weighted by Gasteiger charge is -2.19. The number of carbonyl (C=O) groups excluding carboxylic acids is 6. The Bertz CT molecular complexity index is 4690. The van der Waals surface area contributed by atoms with Crippen molar-refractivity contribution in [2.75, 3.05) is 46.1 Å². The number of aromatic amines is 4. The van der Waals surface area contributed by atoms with E-state index in [-0.39, 0.29) is 100 Å². The molecule has 7 aliphatic carbocycles. The van der Waals surface area contributed by atoms with Crippen LogP contribution in [0.2, 0.25) is 0 Å². The molecule has 7 saturated carbocycles. The molecule has 0 saturated heterocycles. The molecule has 1 aliphatic heterocycles. The van der Waals surface area contributed by atoms with E-state index in [1.165, 1.54) is 44.1 Å². The lowest BCUT2D eigenvalue weighted by atomic mass is 10.1. The predicted molar refractivity (Wildman–Crippen MR) is 402 cm³/mol. The first-order chi connectivity index (χ1) is 52.8. The van der Waals surface area contributed by atoms with Crippen LogP contribution in [0, 0.1) is 61.2 Å². The van der Waals surface area contributed by atoms with Crippen LogP contribution in [0.15, 0.2) is 157 Å². The van der Waals surface area contributed by atoms with Gasteiger partial charge >= 0.3 is 18.0 Å². The Balaban J connectivity index is 0.000000133. The van der Waals surface area contributed by atoms with Crippen LogP contribution in [0.3, 0.4) is 0 Å². The van der Waals surface area contributed by atoms with Crippen LogP contribution < -0.4 is 11.1 Å². The third-order valence-corrected chi connectivity index (χ3v) is 23.5. The average molecular weight is 1550 g/mol. The largest absolute Gasteiger partial charge is 0.466 e. The summed E-state index contributed by atoms with van der Waals surface area (Å²) in [5, 5.41) is 20.7. The van der Waals surface area contributed by atoms with Gasteiger partial charge in [-0.1, -0.05) is 47.5 Å². The van der Waals surface area contributed by atoms with Crippen molar-refractivity contribution in [1.82, 2.24) is 68.0 Å². The molecule has 3 aromatic carbocycles. The van der Waals surface area contributed by atoms with E-state index in [1.807, 2.05) is 60.1 Å². The number of alkyl carbamates (subject to hydrolysis) is 1. The molecule has 110 heavy (non-hydrogen) atoms. The smallest absolute Gasteiger partial charge is 0.407 e. The maximum atomic E-state index is 13.1.